The second-order valence-corrected chi connectivity index (χ2v) is 9.47. The van der Waals surface area contributed by atoms with Gasteiger partial charge in [0.05, 0.1) is 17.6 Å². The summed E-state index contributed by atoms with van der Waals surface area (Å²) >= 11 is 0. The number of nitrogens with one attached hydrogen (secondary N) is 2. The van der Waals surface area contributed by atoms with Gasteiger partial charge >= 0.3 is 0 Å². The van der Waals surface area contributed by atoms with Crippen molar-refractivity contribution in [2.75, 3.05) is 31.5 Å². The minimum atomic E-state index is 0.00261. The third-order valence-corrected chi connectivity index (χ3v) is 7.06. The number of hydrogen-bond donors (Lipinski definition) is 2. The molecule has 1 amide bonds. The number of aryl methyl sites for hydroxylation is 3. The number of fused-ring (bicyclic) bond motifs is 3. The fourth-order valence-corrected chi connectivity index (χ4v) is 5.15. The zero-order valence-electron chi connectivity index (χ0n) is 19.9. The molecular weight excluding hydrogens is 428 g/mol. The average Bonchev–Trinajstić information content (AvgIpc) is 3.49. The van der Waals surface area contributed by atoms with Crippen LogP contribution in [0.5, 0.6) is 0 Å². The Morgan fingerprint density at radius 1 is 1.18 bits per heavy atom. The molecule has 1 fully saturated rings. The van der Waals surface area contributed by atoms with Crippen molar-refractivity contribution >= 4 is 22.6 Å². The lowest BCUT2D eigenvalue weighted by Gasteiger charge is -2.24. The molecule has 180 valence electrons. The average molecular weight is 463 g/mol. The first-order chi connectivity index (χ1) is 16.6. The molecule has 1 aromatic carbocycles. The number of aromatic nitrogens is 3. The highest BCUT2D eigenvalue weighted by Crippen LogP contribution is 2.32. The number of rotatable bonds is 8. The zero-order valence-corrected chi connectivity index (χ0v) is 19.9. The normalized spacial score (nSPS) is 17.7. The Hall–Kier alpha value is -3.13. The molecule has 0 spiro atoms. The van der Waals surface area contributed by atoms with E-state index in [-0.39, 0.29) is 11.5 Å². The molecular formula is C26H34N6O2. The van der Waals surface area contributed by atoms with Gasteiger partial charge in [0.2, 0.25) is 5.91 Å². The lowest BCUT2D eigenvalue weighted by molar-refractivity contribution is -0.129. The predicted octanol–water partition coefficient (Wildman–Crippen LogP) is 2.40. The van der Waals surface area contributed by atoms with Crippen LogP contribution in [0.2, 0.25) is 0 Å². The van der Waals surface area contributed by atoms with Gasteiger partial charge in [-0.25, -0.2) is 4.98 Å². The number of benzene rings is 1. The molecule has 0 radical (unpaired) electrons. The number of imidazole rings is 1. The molecule has 2 N–H and O–H groups in total. The molecule has 1 saturated heterocycles. The van der Waals surface area contributed by atoms with Crippen LogP contribution in [0.1, 0.15) is 37.6 Å². The first kappa shape index (κ1) is 22.7. The summed E-state index contributed by atoms with van der Waals surface area (Å²) in [6.45, 7) is 6.35. The monoisotopic (exact) mass is 462 g/mol. The fraction of sp³-hybridized carbons (Fsp3) is 0.500. The van der Waals surface area contributed by atoms with Crippen LogP contribution < -0.4 is 16.2 Å². The van der Waals surface area contributed by atoms with Crippen LogP contribution in [-0.4, -0.2) is 57.1 Å². The second-order valence-electron chi connectivity index (χ2n) is 9.47. The minimum Gasteiger partial charge on any atom is -0.382 e. The Balaban J connectivity index is 1.36. The van der Waals surface area contributed by atoms with E-state index in [4.69, 9.17) is 4.98 Å². The van der Waals surface area contributed by atoms with Gasteiger partial charge in [-0.3, -0.25) is 9.59 Å². The number of carbonyl (C=O) groups is 1. The highest BCUT2D eigenvalue weighted by atomic mass is 16.2. The van der Waals surface area contributed by atoms with Crippen molar-refractivity contribution in [2.24, 2.45) is 0 Å². The number of anilines is 1. The topological polar surface area (TPSA) is 84.2 Å². The molecule has 8 nitrogen and oxygen atoms in total. The summed E-state index contributed by atoms with van der Waals surface area (Å²) in [5.74, 6) is 1.16. The number of carbonyl (C=O) groups excluding carboxylic acids is 1. The van der Waals surface area contributed by atoms with Crippen molar-refractivity contribution in [2.45, 2.75) is 58.2 Å². The molecule has 3 aromatic rings. The summed E-state index contributed by atoms with van der Waals surface area (Å²) in [5.41, 5.74) is 4.64. The first-order valence-corrected chi connectivity index (χ1v) is 12.5. The zero-order chi connectivity index (χ0) is 23.5. The van der Waals surface area contributed by atoms with Crippen molar-refractivity contribution in [3.05, 3.63) is 58.3 Å². The Morgan fingerprint density at radius 2 is 2.03 bits per heavy atom. The minimum absolute atomic E-state index is 0.00261. The van der Waals surface area contributed by atoms with Crippen LogP contribution in [0.25, 0.3) is 11.0 Å². The van der Waals surface area contributed by atoms with Crippen molar-refractivity contribution in [1.82, 2.24) is 24.3 Å². The molecule has 5 rings (SSSR count). The van der Waals surface area contributed by atoms with Crippen LogP contribution in [0, 0.1) is 0 Å². The van der Waals surface area contributed by atoms with Gasteiger partial charge in [-0.15, -0.1) is 0 Å². The summed E-state index contributed by atoms with van der Waals surface area (Å²) in [6, 6.07) is 10.0. The van der Waals surface area contributed by atoms with Gasteiger partial charge in [0.15, 0.2) is 0 Å². The molecule has 34 heavy (non-hydrogen) atoms. The van der Waals surface area contributed by atoms with Gasteiger partial charge in [-0.1, -0.05) is 6.07 Å². The lowest BCUT2D eigenvalue weighted by atomic mass is 9.98. The Kier molecular flexibility index (Phi) is 6.67. The Bertz CT molecular complexity index is 1220. The van der Waals surface area contributed by atoms with E-state index in [1.807, 2.05) is 17.2 Å². The number of hydrogen-bond acceptors (Lipinski definition) is 5. The van der Waals surface area contributed by atoms with E-state index >= 15 is 0 Å². The van der Waals surface area contributed by atoms with Crippen LogP contribution in [0.15, 0.2) is 41.3 Å². The van der Waals surface area contributed by atoms with Crippen molar-refractivity contribution in [1.29, 1.82) is 0 Å². The molecule has 2 aliphatic rings. The molecule has 0 saturated carbocycles. The standard InChI is InChI=1S/C26H34N6O2/c1-19-7-8-20-21(28-19)9-10-22-26(20)29-23(11-16-31-13-3-2-6-24(31)33)32(22)17-12-27-18-25(34)30-14-4-5-15-30/h2-3,6,9-10,13,19,27-28H,4-5,7-8,11-12,14-18H2,1H3/t19-/m0/s1. The van der Waals surface area contributed by atoms with Crippen molar-refractivity contribution in [3.8, 4) is 0 Å². The van der Waals surface area contributed by atoms with E-state index < -0.39 is 0 Å². The lowest BCUT2D eigenvalue weighted by Crippen LogP contribution is -2.37. The van der Waals surface area contributed by atoms with E-state index in [0.717, 1.165) is 62.2 Å². The molecule has 0 unspecified atom stereocenters. The molecule has 2 aliphatic heterocycles. The van der Waals surface area contributed by atoms with Crippen LogP contribution in [0.3, 0.4) is 0 Å². The van der Waals surface area contributed by atoms with E-state index in [2.05, 4.69) is 34.3 Å². The molecule has 4 heterocycles. The quantitative estimate of drug-likeness (QED) is 0.502. The first-order valence-electron chi connectivity index (χ1n) is 12.5. The van der Waals surface area contributed by atoms with Gasteiger partial charge in [-0.2, -0.15) is 0 Å². The Labute approximate surface area is 200 Å². The van der Waals surface area contributed by atoms with Gasteiger partial charge < -0.3 is 24.7 Å². The molecule has 8 heteroatoms. The molecule has 0 bridgehead atoms. The van der Waals surface area contributed by atoms with E-state index in [1.54, 1.807) is 16.7 Å². The number of amides is 1. The van der Waals surface area contributed by atoms with Gasteiger partial charge in [0.25, 0.3) is 5.56 Å². The summed E-state index contributed by atoms with van der Waals surface area (Å²) in [6.07, 6.45) is 6.82. The van der Waals surface area contributed by atoms with Crippen LogP contribution in [0.4, 0.5) is 5.69 Å². The van der Waals surface area contributed by atoms with Gasteiger partial charge in [0.1, 0.15) is 5.82 Å². The Morgan fingerprint density at radius 3 is 2.85 bits per heavy atom. The highest BCUT2D eigenvalue weighted by molar-refractivity contribution is 5.86. The summed E-state index contributed by atoms with van der Waals surface area (Å²) in [7, 11) is 0. The van der Waals surface area contributed by atoms with Crippen LogP contribution in [-0.2, 0) is 30.7 Å². The van der Waals surface area contributed by atoms with Crippen molar-refractivity contribution < 1.29 is 4.79 Å². The smallest absolute Gasteiger partial charge is 0.250 e. The third kappa shape index (κ3) is 4.73. The predicted molar refractivity (Wildman–Crippen MR) is 134 cm³/mol. The summed E-state index contributed by atoms with van der Waals surface area (Å²) in [4.78, 5) is 31.6. The number of nitrogens with zero attached hydrogens (tertiary/aromatic N) is 4. The largest absolute Gasteiger partial charge is 0.382 e. The molecule has 2 aromatic heterocycles. The molecule has 1 atom stereocenters. The third-order valence-electron chi connectivity index (χ3n) is 7.06. The summed E-state index contributed by atoms with van der Waals surface area (Å²) < 4.78 is 3.99. The maximum Gasteiger partial charge on any atom is 0.250 e. The highest BCUT2D eigenvalue weighted by Gasteiger charge is 2.21. The van der Waals surface area contributed by atoms with Crippen LogP contribution >= 0.6 is 0 Å². The van der Waals surface area contributed by atoms with Crippen molar-refractivity contribution in [3.63, 3.8) is 0 Å². The fourth-order valence-electron chi connectivity index (χ4n) is 5.15. The maximum atomic E-state index is 12.4. The van der Waals surface area contributed by atoms with Gasteiger partial charge in [0, 0.05) is 68.7 Å². The van der Waals surface area contributed by atoms with E-state index in [0.29, 0.717) is 32.1 Å². The summed E-state index contributed by atoms with van der Waals surface area (Å²) in [5, 5.41) is 6.92. The second kappa shape index (κ2) is 10.0. The number of likely N-dealkylation sites (tertiary alicyclic amines) is 1. The maximum absolute atomic E-state index is 12.4. The SMILES string of the molecule is C[C@H]1CCc2c(ccc3c2nc(CCn2ccccc2=O)n3CCNCC(=O)N2CCCC2)N1. The van der Waals surface area contributed by atoms with E-state index in [1.165, 1.54) is 11.3 Å². The molecule has 0 aliphatic carbocycles. The van der Waals surface area contributed by atoms with Gasteiger partial charge in [-0.05, 0) is 50.8 Å². The van der Waals surface area contributed by atoms with E-state index in [9.17, 15) is 9.59 Å². The number of pyridine rings is 1.